The number of hydrogen-bond donors (Lipinski definition) is 1. The van der Waals surface area contributed by atoms with Crippen molar-refractivity contribution in [1.82, 2.24) is 9.97 Å². The first-order valence-electron chi connectivity index (χ1n) is 8.13. The molecule has 25 heavy (non-hydrogen) atoms. The molecule has 0 radical (unpaired) electrons. The van der Waals surface area contributed by atoms with Crippen molar-refractivity contribution in [1.29, 1.82) is 0 Å². The molecule has 1 atom stereocenters. The van der Waals surface area contributed by atoms with Gasteiger partial charge in [0.15, 0.2) is 5.16 Å². The molecule has 1 aromatic carbocycles. The van der Waals surface area contributed by atoms with Gasteiger partial charge in [0.1, 0.15) is 4.83 Å². The third kappa shape index (κ3) is 3.35. The monoisotopic (exact) mass is 410 g/mol. The molecular formula is C18H16Cl2N2OS2. The summed E-state index contributed by atoms with van der Waals surface area (Å²) in [5, 5.41) is 2.65. The van der Waals surface area contributed by atoms with E-state index in [1.807, 2.05) is 18.2 Å². The van der Waals surface area contributed by atoms with Crippen LogP contribution in [0.4, 0.5) is 0 Å². The number of halogens is 2. The highest BCUT2D eigenvalue weighted by atomic mass is 35.5. The Bertz CT molecular complexity index is 992. The average molecular weight is 411 g/mol. The first kappa shape index (κ1) is 17.4. The number of nitrogens with zero attached hydrogens (tertiary/aromatic N) is 1. The second-order valence-corrected chi connectivity index (χ2v) is 9.25. The Hall–Kier alpha value is -1.01. The zero-order valence-corrected chi connectivity index (χ0v) is 16.7. The van der Waals surface area contributed by atoms with Crippen molar-refractivity contribution in [3.63, 3.8) is 0 Å². The number of aromatic amines is 1. The van der Waals surface area contributed by atoms with E-state index in [1.165, 1.54) is 22.2 Å². The first-order chi connectivity index (χ1) is 12.0. The highest BCUT2D eigenvalue weighted by molar-refractivity contribution is 7.98. The van der Waals surface area contributed by atoms with Crippen molar-refractivity contribution < 1.29 is 0 Å². The van der Waals surface area contributed by atoms with E-state index in [4.69, 9.17) is 23.2 Å². The van der Waals surface area contributed by atoms with Gasteiger partial charge >= 0.3 is 0 Å². The standard InChI is InChI=1S/C18H16Cl2N2OS2/c1-9-5-6-10-14(7-9)25-17-15(10)16(23)21-18(22-17)24-8-11-12(19)3-2-4-13(11)20/h2-4,9H,5-8H2,1H3,(H,21,22,23)/t9-/m0/s1. The summed E-state index contributed by atoms with van der Waals surface area (Å²) in [6, 6.07) is 5.45. The van der Waals surface area contributed by atoms with Crippen molar-refractivity contribution in [3.8, 4) is 0 Å². The van der Waals surface area contributed by atoms with Crippen LogP contribution >= 0.6 is 46.3 Å². The van der Waals surface area contributed by atoms with E-state index >= 15 is 0 Å². The van der Waals surface area contributed by atoms with Crippen molar-refractivity contribution in [2.75, 3.05) is 0 Å². The summed E-state index contributed by atoms with van der Waals surface area (Å²) >= 11 is 15.5. The maximum absolute atomic E-state index is 12.6. The summed E-state index contributed by atoms with van der Waals surface area (Å²) in [6.07, 6.45) is 3.16. The van der Waals surface area contributed by atoms with Crippen LogP contribution in [0.25, 0.3) is 10.2 Å². The lowest BCUT2D eigenvalue weighted by Crippen LogP contribution is -2.13. The number of aryl methyl sites for hydroxylation is 1. The number of thioether (sulfide) groups is 1. The van der Waals surface area contributed by atoms with Crippen molar-refractivity contribution >= 4 is 56.5 Å². The highest BCUT2D eigenvalue weighted by Crippen LogP contribution is 2.36. The zero-order chi connectivity index (χ0) is 17.6. The van der Waals surface area contributed by atoms with Crippen LogP contribution in [0.15, 0.2) is 28.2 Å². The van der Waals surface area contributed by atoms with Gasteiger partial charge in [-0.3, -0.25) is 4.79 Å². The Labute approximate surface area is 163 Å². The van der Waals surface area contributed by atoms with E-state index in [9.17, 15) is 4.79 Å². The second kappa shape index (κ2) is 6.95. The highest BCUT2D eigenvalue weighted by Gasteiger charge is 2.23. The molecule has 3 nitrogen and oxygen atoms in total. The van der Waals surface area contributed by atoms with Gasteiger partial charge in [-0.25, -0.2) is 4.98 Å². The SMILES string of the molecule is C[C@H]1CCc2c(sc3nc(SCc4c(Cl)cccc4Cl)[nH]c(=O)c23)C1. The normalized spacial score (nSPS) is 17.0. The first-order valence-corrected chi connectivity index (χ1v) is 10.7. The molecule has 1 aliphatic rings. The third-order valence-corrected chi connectivity index (χ3v) is 7.31. The summed E-state index contributed by atoms with van der Waals surface area (Å²) in [7, 11) is 0. The summed E-state index contributed by atoms with van der Waals surface area (Å²) in [6.45, 7) is 2.26. The summed E-state index contributed by atoms with van der Waals surface area (Å²) in [5.41, 5.74) is 2.03. The molecule has 4 rings (SSSR count). The van der Waals surface area contributed by atoms with Gasteiger partial charge in [0.2, 0.25) is 0 Å². The Balaban J connectivity index is 1.66. The van der Waals surface area contributed by atoms with Gasteiger partial charge in [-0.05, 0) is 48.4 Å². The molecular weight excluding hydrogens is 395 g/mol. The van der Waals surface area contributed by atoms with Gasteiger partial charge in [-0.1, -0.05) is 48.0 Å². The molecule has 0 aliphatic heterocycles. The topological polar surface area (TPSA) is 45.8 Å². The quantitative estimate of drug-likeness (QED) is 0.444. The molecule has 0 fully saturated rings. The number of thiophene rings is 1. The lowest BCUT2D eigenvalue weighted by atomic mass is 9.89. The predicted molar refractivity (Wildman–Crippen MR) is 107 cm³/mol. The maximum atomic E-state index is 12.6. The molecule has 0 unspecified atom stereocenters. The van der Waals surface area contributed by atoms with E-state index in [2.05, 4.69) is 16.9 Å². The maximum Gasteiger partial charge on any atom is 0.260 e. The largest absolute Gasteiger partial charge is 0.301 e. The fourth-order valence-corrected chi connectivity index (χ4v) is 6.25. The fourth-order valence-electron chi connectivity index (χ4n) is 3.21. The van der Waals surface area contributed by atoms with E-state index in [-0.39, 0.29) is 5.56 Å². The van der Waals surface area contributed by atoms with Crippen LogP contribution in [0.1, 0.15) is 29.3 Å². The number of benzene rings is 1. The van der Waals surface area contributed by atoms with Gasteiger partial charge in [0.25, 0.3) is 5.56 Å². The minimum absolute atomic E-state index is 0.0372. The Morgan fingerprint density at radius 2 is 2.12 bits per heavy atom. The lowest BCUT2D eigenvalue weighted by molar-refractivity contribution is 0.509. The smallest absolute Gasteiger partial charge is 0.260 e. The Morgan fingerprint density at radius 3 is 2.88 bits per heavy atom. The zero-order valence-electron chi connectivity index (χ0n) is 13.6. The average Bonchev–Trinajstić information content (AvgIpc) is 2.92. The molecule has 0 amide bonds. The molecule has 0 bridgehead atoms. The third-order valence-electron chi connectivity index (χ3n) is 4.56. The van der Waals surface area contributed by atoms with Gasteiger partial charge < -0.3 is 4.98 Å². The molecule has 2 heterocycles. The van der Waals surface area contributed by atoms with Gasteiger partial charge in [-0.2, -0.15) is 0 Å². The summed E-state index contributed by atoms with van der Waals surface area (Å²) in [4.78, 5) is 22.4. The molecule has 7 heteroatoms. The van der Waals surface area contributed by atoms with Crippen LogP contribution < -0.4 is 5.56 Å². The van der Waals surface area contributed by atoms with Crippen molar-refractivity contribution in [2.45, 2.75) is 37.1 Å². The fraction of sp³-hybridized carbons (Fsp3) is 0.333. The predicted octanol–water partition coefficient (Wildman–Crippen LogP) is 5.71. The van der Waals surface area contributed by atoms with E-state index in [1.54, 1.807) is 11.3 Å². The minimum atomic E-state index is -0.0372. The number of fused-ring (bicyclic) bond motifs is 3. The Kier molecular flexibility index (Phi) is 4.84. The molecule has 130 valence electrons. The van der Waals surface area contributed by atoms with E-state index in [0.717, 1.165) is 35.0 Å². The van der Waals surface area contributed by atoms with E-state index < -0.39 is 0 Å². The molecule has 1 N–H and O–H groups in total. The summed E-state index contributed by atoms with van der Waals surface area (Å²) in [5.74, 6) is 1.24. The van der Waals surface area contributed by atoms with Crippen LogP contribution in [-0.2, 0) is 18.6 Å². The van der Waals surface area contributed by atoms with Crippen molar-refractivity contribution in [2.24, 2.45) is 5.92 Å². The van der Waals surface area contributed by atoms with Gasteiger partial charge in [-0.15, -0.1) is 11.3 Å². The molecule has 2 aromatic heterocycles. The Morgan fingerprint density at radius 1 is 1.36 bits per heavy atom. The molecule has 0 saturated carbocycles. The van der Waals surface area contributed by atoms with Gasteiger partial charge in [0.05, 0.1) is 5.39 Å². The van der Waals surface area contributed by atoms with Gasteiger partial charge in [0, 0.05) is 20.7 Å². The number of nitrogens with one attached hydrogen (secondary N) is 1. The number of rotatable bonds is 3. The molecule has 1 aliphatic carbocycles. The van der Waals surface area contributed by atoms with E-state index in [0.29, 0.717) is 26.9 Å². The lowest BCUT2D eigenvalue weighted by Gasteiger charge is -2.17. The van der Waals surface area contributed by atoms with Crippen LogP contribution in [0.3, 0.4) is 0 Å². The van der Waals surface area contributed by atoms with Crippen molar-refractivity contribution in [3.05, 3.63) is 54.6 Å². The summed E-state index contributed by atoms with van der Waals surface area (Å²) < 4.78 is 0. The number of H-pyrrole nitrogens is 1. The van der Waals surface area contributed by atoms with Crippen LogP contribution in [0.2, 0.25) is 10.0 Å². The van der Waals surface area contributed by atoms with Crippen LogP contribution in [-0.4, -0.2) is 9.97 Å². The van der Waals surface area contributed by atoms with Crippen LogP contribution in [0.5, 0.6) is 0 Å². The minimum Gasteiger partial charge on any atom is -0.301 e. The number of hydrogen-bond acceptors (Lipinski definition) is 4. The second-order valence-electron chi connectivity index (χ2n) is 6.39. The molecule has 3 aromatic rings. The molecule has 0 saturated heterocycles. The molecule has 0 spiro atoms. The number of aromatic nitrogens is 2. The van der Waals surface area contributed by atoms with Crippen LogP contribution in [0, 0.1) is 5.92 Å².